The summed E-state index contributed by atoms with van der Waals surface area (Å²) in [5.74, 6) is -1.01. The Morgan fingerprint density at radius 3 is 2.55 bits per heavy atom. The Morgan fingerprint density at radius 2 is 1.85 bits per heavy atom. The minimum Gasteiger partial charge on any atom is -0.477 e. The average molecular weight is 268 g/mol. The number of benzene rings is 1. The van der Waals surface area contributed by atoms with Gasteiger partial charge in [0.2, 0.25) is 7.85 Å². The summed E-state index contributed by atoms with van der Waals surface area (Å²) in [6.07, 6.45) is 0. The number of carbonyl (C=O) groups excluding carboxylic acids is 1. The molecule has 20 heavy (non-hydrogen) atoms. The molecule has 1 aromatic carbocycles. The van der Waals surface area contributed by atoms with Gasteiger partial charge in [-0.05, 0) is 23.8 Å². The Kier molecular flexibility index (Phi) is 2.86. The molecule has 1 N–H and O–H groups in total. The molecular formula is C14H13BN2O3. The van der Waals surface area contributed by atoms with Gasteiger partial charge >= 0.3 is 5.97 Å². The second-order valence-corrected chi connectivity index (χ2v) is 4.84. The number of hydrogen-bond donors (Lipinski definition) is 1. The summed E-state index contributed by atoms with van der Waals surface area (Å²) in [5.41, 5.74) is 2.87. The average Bonchev–Trinajstić information content (AvgIpc) is 2.72. The van der Waals surface area contributed by atoms with Crippen LogP contribution in [0.3, 0.4) is 0 Å². The fraction of sp³-hybridized carbons (Fsp3) is 0.143. The lowest BCUT2D eigenvalue weighted by molar-refractivity contribution is 0.0685. The highest BCUT2D eigenvalue weighted by Gasteiger charge is 2.24. The summed E-state index contributed by atoms with van der Waals surface area (Å²) in [7, 11) is 1.52. The van der Waals surface area contributed by atoms with Gasteiger partial charge in [-0.2, -0.15) is 0 Å². The summed E-state index contributed by atoms with van der Waals surface area (Å²) < 4.78 is 1.75. The minimum atomic E-state index is -0.954. The first-order valence-corrected chi connectivity index (χ1v) is 6.35. The lowest BCUT2D eigenvalue weighted by Gasteiger charge is -2.21. The number of carboxylic acids is 1. The van der Waals surface area contributed by atoms with E-state index in [1.165, 1.54) is 7.85 Å². The first-order valence-electron chi connectivity index (χ1n) is 6.35. The van der Waals surface area contributed by atoms with Crippen LogP contribution < -0.4 is 4.90 Å². The molecule has 0 fully saturated rings. The molecule has 0 saturated carbocycles. The number of para-hydroxylation sites is 1. The van der Waals surface area contributed by atoms with Crippen molar-refractivity contribution >= 4 is 25.3 Å². The lowest BCUT2D eigenvalue weighted by Crippen LogP contribution is -2.29. The third kappa shape index (κ3) is 1.89. The maximum absolute atomic E-state index is 11.9. The maximum Gasteiger partial charge on any atom is 0.352 e. The van der Waals surface area contributed by atoms with Crippen molar-refractivity contribution in [1.82, 2.24) is 4.57 Å². The number of fused-ring (bicyclic) bond motifs is 2. The van der Waals surface area contributed by atoms with Crippen LogP contribution in [-0.2, 0) is 13.1 Å². The van der Waals surface area contributed by atoms with Gasteiger partial charge in [0, 0.05) is 11.4 Å². The normalized spacial score (nSPS) is 13.3. The first-order chi connectivity index (χ1) is 9.58. The van der Waals surface area contributed by atoms with Crippen LogP contribution in [0.2, 0.25) is 0 Å². The number of hydrogen-bond acceptors (Lipinski definition) is 2. The van der Waals surface area contributed by atoms with Crippen molar-refractivity contribution in [2.75, 3.05) is 4.90 Å². The van der Waals surface area contributed by atoms with Gasteiger partial charge < -0.3 is 14.6 Å². The number of carboxylic acid groups (broad SMARTS) is 1. The largest absolute Gasteiger partial charge is 0.477 e. The molecule has 0 radical (unpaired) electrons. The fourth-order valence-electron chi connectivity index (χ4n) is 2.63. The lowest BCUT2D eigenvalue weighted by atomic mass is 10.1. The van der Waals surface area contributed by atoms with Crippen molar-refractivity contribution in [3.05, 3.63) is 53.3 Å². The topological polar surface area (TPSA) is 62.5 Å². The predicted octanol–water partition coefficient (Wildman–Crippen LogP) is 1.31. The zero-order valence-electron chi connectivity index (χ0n) is 11.0. The van der Waals surface area contributed by atoms with Gasteiger partial charge in [0.05, 0.1) is 13.1 Å². The van der Waals surface area contributed by atoms with Gasteiger partial charge in [0.1, 0.15) is 5.69 Å². The van der Waals surface area contributed by atoms with Crippen LogP contribution in [0, 0.1) is 0 Å². The van der Waals surface area contributed by atoms with E-state index in [-0.39, 0.29) is 11.5 Å². The predicted molar refractivity (Wildman–Crippen MR) is 77.1 cm³/mol. The molecule has 0 spiro atoms. The monoisotopic (exact) mass is 268 g/mol. The van der Waals surface area contributed by atoms with Gasteiger partial charge in [-0.15, -0.1) is 0 Å². The zero-order valence-corrected chi connectivity index (χ0v) is 11.0. The van der Waals surface area contributed by atoms with E-state index in [1.54, 1.807) is 21.6 Å². The minimum absolute atomic E-state index is 0.0519. The summed E-state index contributed by atoms with van der Waals surface area (Å²) in [6, 6.07) is 10.9. The van der Waals surface area contributed by atoms with E-state index in [9.17, 15) is 14.7 Å². The number of nitrogens with zero attached hydrogens (tertiary/aromatic N) is 2. The van der Waals surface area contributed by atoms with Crippen molar-refractivity contribution in [1.29, 1.82) is 0 Å². The van der Waals surface area contributed by atoms with Gasteiger partial charge in [-0.25, -0.2) is 4.79 Å². The third-order valence-electron chi connectivity index (χ3n) is 3.60. The van der Waals surface area contributed by atoms with Crippen LogP contribution in [0.15, 0.2) is 36.4 Å². The number of aromatic nitrogens is 1. The first kappa shape index (κ1) is 12.5. The molecule has 5 nitrogen and oxygen atoms in total. The van der Waals surface area contributed by atoms with Crippen LogP contribution in [0.4, 0.5) is 10.5 Å². The van der Waals surface area contributed by atoms with Crippen molar-refractivity contribution in [2.24, 2.45) is 0 Å². The van der Waals surface area contributed by atoms with Crippen molar-refractivity contribution in [3.63, 3.8) is 0 Å². The Hall–Kier alpha value is -2.50. The highest BCUT2D eigenvalue weighted by atomic mass is 16.4. The van der Waals surface area contributed by atoms with Crippen LogP contribution in [0.25, 0.3) is 0 Å². The second-order valence-electron chi connectivity index (χ2n) is 4.84. The fourth-order valence-corrected chi connectivity index (χ4v) is 2.63. The molecule has 2 aromatic rings. The van der Waals surface area contributed by atoms with E-state index in [1.807, 2.05) is 24.3 Å². The number of anilines is 1. The summed E-state index contributed by atoms with van der Waals surface area (Å²) in [5, 5.41) is 9.24. The van der Waals surface area contributed by atoms with Crippen LogP contribution in [-0.4, -0.2) is 29.3 Å². The maximum atomic E-state index is 11.9. The molecule has 0 saturated heterocycles. The van der Waals surface area contributed by atoms with Gasteiger partial charge in [0.25, 0.3) is 0 Å². The van der Waals surface area contributed by atoms with E-state index in [2.05, 4.69) is 0 Å². The van der Waals surface area contributed by atoms with E-state index in [4.69, 9.17) is 0 Å². The van der Waals surface area contributed by atoms with Gasteiger partial charge in [0.15, 0.2) is 5.81 Å². The number of aromatic carboxylic acids is 1. The summed E-state index contributed by atoms with van der Waals surface area (Å²) in [4.78, 5) is 24.8. The number of rotatable bonds is 1. The molecule has 6 heteroatoms. The van der Waals surface area contributed by atoms with Crippen LogP contribution >= 0.6 is 0 Å². The van der Waals surface area contributed by atoms with E-state index >= 15 is 0 Å². The Balaban J connectivity index is 2.18. The molecule has 3 rings (SSSR count). The molecule has 1 aliphatic heterocycles. The Bertz CT molecular complexity index is 708. The standard InChI is InChI=1S/C14H13BN2O3/c15-14(20)17-8-10-5-6-12(13(18)19)16(10)7-9-3-1-2-4-11(9)17/h1-6H,7-8,15H2,(H,18,19). The molecule has 0 bridgehead atoms. The van der Waals surface area contributed by atoms with Crippen molar-refractivity contribution < 1.29 is 14.7 Å². The molecule has 1 aromatic heterocycles. The van der Waals surface area contributed by atoms with Gasteiger partial charge in [-0.3, -0.25) is 4.79 Å². The van der Waals surface area contributed by atoms with E-state index in [0.717, 1.165) is 16.9 Å². The number of carbonyl (C=O) groups is 2. The molecule has 0 atom stereocenters. The van der Waals surface area contributed by atoms with E-state index in [0.29, 0.717) is 13.1 Å². The molecular weight excluding hydrogens is 255 g/mol. The molecule has 100 valence electrons. The SMILES string of the molecule is BC(=O)N1Cc2ccc(C(=O)O)n2Cc2ccccc21. The molecule has 1 aliphatic rings. The molecule has 0 unspecified atom stereocenters. The quantitative estimate of drug-likeness (QED) is 0.793. The highest BCUT2D eigenvalue weighted by molar-refractivity contribution is 6.60. The third-order valence-corrected chi connectivity index (χ3v) is 3.60. The second kappa shape index (κ2) is 4.56. The Labute approximate surface area is 116 Å². The summed E-state index contributed by atoms with van der Waals surface area (Å²) >= 11 is 0. The highest BCUT2D eigenvalue weighted by Crippen LogP contribution is 2.28. The summed E-state index contributed by atoms with van der Waals surface area (Å²) in [6.45, 7) is 0.851. The van der Waals surface area contributed by atoms with E-state index < -0.39 is 5.97 Å². The molecule has 2 heterocycles. The van der Waals surface area contributed by atoms with Crippen LogP contribution in [0.5, 0.6) is 0 Å². The van der Waals surface area contributed by atoms with Gasteiger partial charge in [-0.1, -0.05) is 18.2 Å². The Morgan fingerprint density at radius 1 is 1.10 bits per heavy atom. The smallest absolute Gasteiger partial charge is 0.352 e. The number of amides is 1. The van der Waals surface area contributed by atoms with Crippen molar-refractivity contribution in [2.45, 2.75) is 13.1 Å². The molecule has 1 amide bonds. The zero-order chi connectivity index (χ0) is 14.3. The molecule has 0 aliphatic carbocycles. The van der Waals surface area contributed by atoms with Crippen molar-refractivity contribution in [3.8, 4) is 0 Å². The van der Waals surface area contributed by atoms with Crippen LogP contribution in [0.1, 0.15) is 21.7 Å².